The van der Waals surface area contributed by atoms with Crippen molar-refractivity contribution in [3.63, 3.8) is 0 Å². The third-order valence-electron chi connectivity index (χ3n) is 3.46. The van der Waals surface area contributed by atoms with Gasteiger partial charge in [0.2, 0.25) is 5.91 Å². The van der Waals surface area contributed by atoms with Crippen LogP contribution in [-0.2, 0) is 4.79 Å². The molecule has 1 saturated carbocycles. The van der Waals surface area contributed by atoms with E-state index in [-0.39, 0.29) is 17.9 Å². The van der Waals surface area contributed by atoms with Crippen molar-refractivity contribution in [1.82, 2.24) is 5.32 Å². The Bertz CT molecular complexity index is 445. The minimum Gasteiger partial charge on any atom is -0.340 e. The number of carbonyl (C=O) groups is 1. The first-order valence-corrected chi connectivity index (χ1v) is 6.51. The molecule has 18 heavy (non-hydrogen) atoms. The smallest absolute Gasteiger partial charge is 0.228 e. The van der Waals surface area contributed by atoms with Gasteiger partial charge >= 0.3 is 0 Å². The van der Waals surface area contributed by atoms with E-state index in [1.54, 1.807) is 0 Å². The Morgan fingerprint density at radius 2 is 2.11 bits per heavy atom. The summed E-state index contributed by atoms with van der Waals surface area (Å²) in [5.41, 5.74) is 1.02. The average Bonchev–Trinajstić information content (AvgIpc) is 3.22. The predicted molar refractivity (Wildman–Crippen MR) is 69.7 cm³/mol. The van der Waals surface area contributed by atoms with E-state index < -0.39 is 0 Å². The molecular formula is C15H18N2O. The standard InChI is InChI=1S/C15H18N2O/c1-2-13(11-6-4-3-5-7-11)15(18)17-14(10-16)12-8-9-12/h3-7,12-14H,2,8-9H2,1H3,(H,17,18). The first-order valence-electron chi connectivity index (χ1n) is 6.51. The van der Waals surface area contributed by atoms with E-state index in [1.165, 1.54) is 0 Å². The molecule has 0 aromatic heterocycles. The van der Waals surface area contributed by atoms with Crippen molar-refractivity contribution in [2.75, 3.05) is 0 Å². The summed E-state index contributed by atoms with van der Waals surface area (Å²) in [6.45, 7) is 2.00. The summed E-state index contributed by atoms with van der Waals surface area (Å²) in [6, 6.07) is 11.6. The van der Waals surface area contributed by atoms with Crippen LogP contribution in [0.1, 0.15) is 37.7 Å². The zero-order chi connectivity index (χ0) is 13.0. The maximum Gasteiger partial charge on any atom is 0.228 e. The number of rotatable bonds is 5. The molecule has 2 unspecified atom stereocenters. The van der Waals surface area contributed by atoms with Crippen LogP contribution >= 0.6 is 0 Å². The van der Waals surface area contributed by atoms with Gasteiger partial charge in [0.25, 0.3) is 0 Å². The molecule has 3 nitrogen and oxygen atoms in total. The Morgan fingerprint density at radius 1 is 1.44 bits per heavy atom. The molecule has 2 rings (SSSR count). The van der Waals surface area contributed by atoms with E-state index in [1.807, 2.05) is 37.3 Å². The van der Waals surface area contributed by atoms with Gasteiger partial charge in [-0.2, -0.15) is 5.26 Å². The molecule has 1 aliphatic rings. The van der Waals surface area contributed by atoms with E-state index in [0.29, 0.717) is 5.92 Å². The van der Waals surface area contributed by atoms with Crippen molar-refractivity contribution in [2.24, 2.45) is 5.92 Å². The normalized spacial score (nSPS) is 17.6. The van der Waals surface area contributed by atoms with Crippen LogP contribution in [0.15, 0.2) is 30.3 Å². The molecule has 0 saturated heterocycles. The molecule has 1 amide bonds. The van der Waals surface area contributed by atoms with Crippen molar-refractivity contribution < 1.29 is 4.79 Å². The number of nitrogens with one attached hydrogen (secondary N) is 1. The van der Waals surface area contributed by atoms with E-state index in [4.69, 9.17) is 5.26 Å². The van der Waals surface area contributed by atoms with Crippen LogP contribution in [0, 0.1) is 17.2 Å². The predicted octanol–water partition coefficient (Wildman–Crippen LogP) is 2.60. The second-order valence-electron chi connectivity index (χ2n) is 4.82. The molecule has 0 radical (unpaired) electrons. The molecule has 1 aliphatic carbocycles. The lowest BCUT2D eigenvalue weighted by atomic mass is 9.95. The molecule has 1 aromatic rings. The topological polar surface area (TPSA) is 52.9 Å². The summed E-state index contributed by atoms with van der Waals surface area (Å²) < 4.78 is 0. The zero-order valence-corrected chi connectivity index (χ0v) is 10.6. The second-order valence-corrected chi connectivity index (χ2v) is 4.82. The number of carbonyl (C=O) groups excluding carboxylic acids is 1. The fraction of sp³-hybridized carbons (Fsp3) is 0.467. The van der Waals surface area contributed by atoms with Gasteiger partial charge in [0.05, 0.1) is 12.0 Å². The molecule has 94 valence electrons. The highest BCUT2D eigenvalue weighted by Gasteiger charge is 2.33. The van der Waals surface area contributed by atoms with Gasteiger partial charge in [0, 0.05) is 0 Å². The molecule has 3 heteroatoms. The average molecular weight is 242 g/mol. The molecule has 1 N–H and O–H groups in total. The first-order chi connectivity index (χ1) is 8.76. The van der Waals surface area contributed by atoms with E-state index in [9.17, 15) is 4.79 Å². The largest absolute Gasteiger partial charge is 0.340 e. The molecule has 1 aromatic carbocycles. The van der Waals surface area contributed by atoms with E-state index >= 15 is 0 Å². The number of hydrogen-bond donors (Lipinski definition) is 1. The van der Waals surface area contributed by atoms with Crippen LogP contribution in [0.3, 0.4) is 0 Å². The Hall–Kier alpha value is -1.82. The minimum absolute atomic E-state index is 0.0258. The molecule has 0 heterocycles. The zero-order valence-electron chi connectivity index (χ0n) is 10.6. The fourth-order valence-electron chi connectivity index (χ4n) is 2.20. The van der Waals surface area contributed by atoms with Crippen LogP contribution in [0.4, 0.5) is 0 Å². The second kappa shape index (κ2) is 5.68. The monoisotopic (exact) mass is 242 g/mol. The molecule has 0 spiro atoms. The quantitative estimate of drug-likeness (QED) is 0.862. The Morgan fingerprint density at radius 3 is 2.61 bits per heavy atom. The first kappa shape index (κ1) is 12.6. The summed E-state index contributed by atoms with van der Waals surface area (Å²) >= 11 is 0. The van der Waals surface area contributed by atoms with E-state index in [2.05, 4.69) is 11.4 Å². The van der Waals surface area contributed by atoms with Gasteiger partial charge in [-0.1, -0.05) is 37.3 Å². The van der Waals surface area contributed by atoms with Gasteiger partial charge < -0.3 is 5.32 Å². The van der Waals surface area contributed by atoms with Gasteiger partial charge in [-0.05, 0) is 30.7 Å². The van der Waals surface area contributed by atoms with Gasteiger partial charge in [-0.15, -0.1) is 0 Å². The lowest BCUT2D eigenvalue weighted by Crippen LogP contribution is -2.38. The highest BCUT2D eigenvalue weighted by atomic mass is 16.1. The van der Waals surface area contributed by atoms with E-state index in [0.717, 1.165) is 24.8 Å². The van der Waals surface area contributed by atoms with Crippen LogP contribution in [0.5, 0.6) is 0 Å². The van der Waals surface area contributed by atoms with Crippen molar-refractivity contribution in [3.8, 4) is 6.07 Å². The third kappa shape index (κ3) is 2.89. The highest BCUT2D eigenvalue weighted by Crippen LogP contribution is 2.32. The van der Waals surface area contributed by atoms with Gasteiger partial charge in [-0.3, -0.25) is 4.79 Å². The van der Waals surface area contributed by atoms with Gasteiger partial charge in [-0.25, -0.2) is 0 Å². The van der Waals surface area contributed by atoms with Gasteiger partial charge in [0.1, 0.15) is 6.04 Å². The van der Waals surface area contributed by atoms with Crippen LogP contribution in [0.25, 0.3) is 0 Å². The number of nitriles is 1. The number of benzene rings is 1. The van der Waals surface area contributed by atoms with Crippen molar-refractivity contribution in [3.05, 3.63) is 35.9 Å². The number of nitrogens with zero attached hydrogens (tertiary/aromatic N) is 1. The summed E-state index contributed by atoms with van der Waals surface area (Å²) in [6.07, 6.45) is 2.86. The minimum atomic E-state index is -0.310. The third-order valence-corrected chi connectivity index (χ3v) is 3.46. The number of amides is 1. The van der Waals surface area contributed by atoms with Crippen LogP contribution in [-0.4, -0.2) is 11.9 Å². The maximum absolute atomic E-state index is 12.2. The fourth-order valence-corrected chi connectivity index (χ4v) is 2.20. The summed E-state index contributed by atoms with van der Waals surface area (Å²) in [4.78, 5) is 12.2. The van der Waals surface area contributed by atoms with Crippen LogP contribution < -0.4 is 5.32 Å². The number of hydrogen-bond acceptors (Lipinski definition) is 2. The SMILES string of the molecule is CCC(C(=O)NC(C#N)C1CC1)c1ccccc1. The summed E-state index contributed by atoms with van der Waals surface area (Å²) in [7, 11) is 0. The lowest BCUT2D eigenvalue weighted by molar-refractivity contribution is -0.123. The Labute approximate surface area is 108 Å². The molecular weight excluding hydrogens is 224 g/mol. The Balaban J connectivity index is 2.04. The van der Waals surface area contributed by atoms with Crippen molar-refractivity contribution in [2.45, 2.75) is 38.1 Å². The molecule has 1 fully saturated rings. The Kier molecular flexibility index (Phi) is 3.99. The molecule has 0 bridgehead atoms. The van der Waals surface area contributed by atoms with Crippen LogP contribution in [0.2, 0.25) is 0 Å². The molecule has 2 atom stereocenters. The summed E-state index contributed by atoms with van der Waals surface area (Å²) in [5, 5.41) is 11.9. The van der Waals surface area contributed by atoms with Crippen molar-refractivity contribution >= 4 is 5.91 Å². The lowest BCUT2D eigenvalue weighted by Gasteiger charge is -2.18. The van der Waals surface area contributed by atoms with Crippen molar-refractivity contribution in [1.29, 1.82) is 5.26 Å². The highest BCUT2D eigenvalue weighted by molar-refractivity contribution is 5.84. The summed E-state index contributed by atoms with van der Waals surface area (Å²) in [5.74, 6) is 0.190. The maximum atomic E-state index is 12.2. The molecule has 0 aliphatic heterocycles. The van der Waals surface area contributed by atoms with Gasteiger partial charge in [0.15, 0.2) is 0 Å².